The molecule has 2 aliphatic rings. The van der Waals surface area contributed by atoms with Crippen molar-refractivity contribution in [2.45, 2.75) is 39.0 Å². The fourth-order valence-electron chi connectivity index (χ4n) is 3.92. The molecule has 3 heterocycles. The summed E-state index contributed by atoms with van der Waals surface area (Å²) >= 11 is 0. The molecule has 1 amide bonds. The first kappa shape index (κ1) is 21.7. The number of nitrogens with two attached hydrogens (primary N) is 1. The van der Waals surface area contributed by atoms with Gasteiger partial charge in [-0.2, -0.15) is 9.97 Å². The smallest absolute Gasteiger partial charge is 0.232 e. The zero-order chi connectivity index (χ0) is 20.6. The van der Waals surface area contributed by atoms with E-state index in [0.29, 0.717) is 30.5 Å². The quantitative estimate of drug-likeness (QED) is 0.458. The largest absolute Gasteiger partial charge is 0.395 e. The molecule has 0 aliphatic carbocycles. The molecule has 9 nitrogen and oxygen atoms in total. The maximum Gasteiger partial charge on any atom is 0.232 e. The summed E-state index contributed by atoms with van der Waals surface area (Å²) in [5.74, 6) is 1.66. The number of nitrogens with zero attached hydrogens (tertiary/aromatic N) is 5. The standard InChI is InChI=1S/C20H35N7O2/c1-2-3-6-22-20-23-18(21)16-15-17(29)27(19(16)24-20)8-5-4-7-25-9-11-26(12-10-25)13-14-28/h28H,2-15H2,1H3,(H3,21,22,23,24). The monoisotopic (exact) mass is 405 g/mol. The third-order valence-corrected chi connectivity index (χ3v) is 5.70. The minimum Gasteiger partial charge on any atom is -0.395 e. The molecular weight excluding hydrogens is 370 g/mol. The Hall–Kier alpha value is -1.97. The number of hydrogen-bond acceptors (Lipinski definition) is 8. The lowest BCUT2D eigenvalue weighted by Gasteiger charge is -2.34. The molecule has 0 saturated carbocycles. The number of hydrogen-bond donors (Lipinski definition) is 3. The van der Waals surface area contributed by atoms with E-state index in [9.17, 15) is 4.79 Å². The highest BCUT2D eigenvalue weighted by atomic mass is 16.3. The van der Waals surface area contributed by atoms with E-state index in [2.05, 4.69) is 32.0 Å². The number of β-amino-alcohol motifs (C(OH)–C–C–N with tert-alkyl or cyclic N) is 1. The number of piperazine rings is 1. The number of aromatic nitrogens is 2. The molecule has 0 atom stereocenters. The molecule has 9 heteroatoms. The summed E-state index contributed by atoms with van der Waals surface area (Å²) in [6.45, 7) is 9.76. The highest BCUT2D eigenvalue weighted by Crippen LogP contribution is 2.31. The number of nitrogens with one attached hydrogen (secondary N) is 1. The second-order valence-corrected chi connectivity index (χ2v) is 7.85. The van der Waals surface area contributed by atoms with Crippen LogP contribution in [0.15, 0.2) is 0 Å². The van der Waals surface area contributed by atoms with Gasteiger partial charge in [0.1, 0.15) is 11.6 Å². The van der Waals surface area contributed by atoms with E-state index in [0.717, 1.165) is 77.1 Å². The molecule has 1 fully saturated rings. The van der Waals surface area contributed by atoms with Gasteiger partial charge in [0, 0.05) is 51.4 Å². The van der Waals surface area contributed by atoms with Crippen molar-refractivity contribution in [1.29, 1.82) is 0 Å². The summed E-state index contributed by atoms with van der Waals surface area (Å²) in [5, 5.41) is 12.2. The Labute approximate surface area is 173 Å². The predicted molar refractivity (Wildman–Crippen MR) is 115 cm³/mol. The van der Waals surface area contributed by atoms with Crippen LogP contribution in [-0.2, 0) is 11.2 Å². The van der Waals surface area contributed by atoms with Gasteiger partial charge in [0.15, 0.2) is 0 Å². The van der Waals surface area contributed by atoms with Gasteiger partial charge >= 0.3 is 0 Å². The zero-order valence-corrected chi connectivity index (χ0v) is 17.6. The number of aliphatic hydroxyl groups is 1. The van der Waals surface area contributed by atoms with Gasteiger partial charge in [0.25, 0.3) is 0 Å². The average Bonchev–Trinajstić information content (AvgIpc) is 3.03. The van der Waals surface area contributed by atoms with Gasteiger partial charge in [0.05, 0.1) is 13.0 Å². The third kappa shape index (κ3) is 5.77. The van der Waals surface area contributed by atoms with E-state index < -0.39 is 0 Å². The van der Waals surface area contributed by atoms with Crippen LogP contribution in [0.3, 0.4) is 0 Å². The van der Waals surface area contributed by atoms with Gasteiger partial charge in [0.2, 0.25) is 11.9 Å². The number of rotatable bonds is 11. The molecule has 2 aliphatic heterocycles. The lowest BCUT2D eigenvalue weighted by molar-refractivity contribution is -0.117. The molecule has 3 rings (SSSR count). The number of amides is 1. The highest BCUT2D eigenvalue weighted by Gasteiger charge is 2.31. The Bertz CT molecular complexity index is 677. The fraction of sp³-hybridized carbons (Fsp3) is 0.750. The van der Waals surface area contributed by atoms with Crippen LogP contribution in [0, 0.1) is 0 Å². The van der Waals surface area contributed by atoms with Gasteiger partial charge in [-0.25, -0.2) is 0 Å². The number of unbranched alkanes of at least 4 members (excludes halogenated alkanes) is 2. The van der Waals surface area contributed by atoms with Crippen molar-refractivity contribution in [3.8, 4) is 0 Å². The number of aliphatic hydroxyl groups excluding tert-OH is 1. The SMILES string of the molecule is CCCCNc1nc(N)c2c(n1)N(CCCCN1CCN(CCO)CC1)C(=O)C2. The van der Waals surface area contributed by atoms with Crippen LogP contribution in [0.25, 0.3) is 0 Å². The first-order valence-electron chi connectivity index (χ1n) is 10.9. The first-order chi connectivity index (χ1) is 14.1. The number of carbonyl (C=O) groups excluding carboxylic acids is 1. The molecule has 162 valence electrons. The van der Waals surface area contributed by atoms with Crippen molar-refractivity contribution in [2.24, 2.45) is 0 Å². The number of carbonyl (C=O) groups is 1. The lowest BCUT2D eigenvalue weighted by Crippen LogP contribution is -2.47. The van der Waals surface area contributed by atoms with Crippen LogP contribution in [-0.4, -0.2) is 89.7 Å². The molecule has 0 radical (unpaired) electrons. The Balaban J connectivity index is 1.48. The van der Waals surface area contributed by atoms with E-state index in [1.807, 2.05) is 0 Å². The molecule has 0 unspecified atom stereocenters. The molecule has 1 aromatic heterocycles. The van der Waals surface area contributed by atoms with Crippen molar-refractivity contribution in [1.82, 2.24) is 19.8 Å². The van der Waals surface area contributed by atoms with Crippen LogP contribution >= 0.6 is 0 Å². The van der Waals surface area contributed by atoms with Gasteiger partial charge in [-0.1, -0.05) is 13.3 Å². The third-order valence-electron chi connectivity index (χ3n) is 5.70. The highest BCUT2D eigenvalue weighted by molar-refractivity contribution is 6.01. The number of fused-ring (bicyclic) bond motifs is 1. The second kappa shape index (κ2) is 10.7. The summed E-state index contributed by atoms with van der Waals surface area (Å²) < 4.78 is 0. The number of nitrogen functional groups attached to an aromatic ring is 1. The Kier molecular flexibility index (Phi) is 8.02. The summed E-state index contributed by atoms with van der Waals surface area (Å²) in [6, 6.07) is 0. The summed E-state index contributed by atoms with van der Waals surface area (Å²) in [7, 11) is 0. The van der Waals surface area contributed by atoms with E-state index in [4.69, 9.17) is 10.8 Å². The fourth-order valence-corrected chi connectivity index (χ4v) is 3.92. The van der Waals surface area contributed by atoms with Gasteiger partial charge in [-0.05, 0) is 25.8 Å². The molecule has 0 spiro atoms. The van der Waals surface area contributed by atoms with E-state index >= 15 is 0 Å². The van der Waals surface area contributed by atoms with Gasteiger partial charge < -0.3 is 21.1 Å². The predicted octanol–water partition coefficient (Wildman–Crippen LogP) is 0.550. The van der Waals surface area contributed by atoms with Crippen LogP contribution in [0.2, 0.25) is 0 Å². The molecule has 29 heavy (non-hydrogen) atoms. The Morgan fingerprint density at radius 2 is 1.72 bits per heavy atom. The maximum absolute atomic E-state index is 12.5. The summed E-state index contributed by atoms with van der Waals surface area (Å²) in [4.78, 5) is 27.9. The zero-order valence-electron chi connectivity index (χ0n) is 17.6. The van der Waals surface area contributed by atoms with Crippen molar-refractivity contribution < 1.29 is 9.90 Å². The van der Waals surface area contributed by atoms with Crippen molar-refractivity contribution >= 4 is 23.5 Å². The van der Waals surface area contributed by atoms with Gasteiger partial charge in [-0.15, -0.1) is 0 Å². The topological polar surface area (TPSA) is 111 Å². The van der Waals surface area contributed by atoms with Crippen LogP contribution in [0.1, 0.15) is 38.2 Å². The van der Waals surface area contributed by atoms with Crippen molar-refractivity contribution in [3.63, 3.8) is 0 Å². The minimum absolute atomic E-state index is 0.0596. The maximum atomic E-state index is 12.5. The first-order valence-corrected chi connectivity index (χ1v) is 10.9. The van der Waals surface area contributed by atoms with E-state index in [-0.39, 0.29) is 12.5 Å². The Morgan fingerprint density at radius 1 is 1.03 bits per heavy atom. The average molecular weight is 406 g/mol. The van der Waals surface area contributed by atoms with Crippen molar-refractivity contribution in [2.75, 3.05) is 74.9 Å². The van der Waals surface area contributed by atoms with E-state index in [1.54, 1.807) is 4.90 Å². The number of anilines is 3. The van der Waals surface area contributed by atoms with Crippen LogP contribution in [0.4, 0.5) is 17.6 Å². The Morgan fingerprint density at radius 3 is 2.41 bits per heavy atom. The molecule has 1 aromatic rings. The second-order valence-electron chi connectivity index (χ2n) is 7.85. The molecule has 0 aromatic carbocycles. The van der Waals surface area contributed by atoms with E-state index in [1.165, 1.54) is 0 Å². The van der Waals surface area contributed by atoms with Gasteiger partial charge in [-0.3, -0.25) is 14.6 Å². The van der Waals surface area contributed by atoms with Crippen molar-refractivity contribution in [3.05, 3.63) is 5.56 Å². The molecule has 4 N–H and O–H groups in total. The normalized spacial score (nSPS) is 17.7. The molecule has 0 bridgehead atoms. The molecular formula is C20H35N7O2. The minimum atomic E-state index is 0.0596. The van der Waals surface area contributed by atoms with Crippen LogP contribution in [0.5, 0.6) is 0 Å². The molecule has 1 saturated heterocycles. The summed E-state index contributed by atoms with van der Waals surface area (Å²) in [5.41, 5.74) is 6.85. The summed E-state index contributed by atoms with van der Waals surface area (Å²) in [6.07, 6.45) is 4.40. The van der Waals surface area contributed by atoms with Crippen LogP contribution < -0.4 is 16.0 Å². The lowest BCUT2D eigenvalue weighted by atomic mass is 10.2.